The van der Waals surface area contributed by atoms with Crippen LogP contribution < -0.4 is 20.1 Å². The molecule has 3 N–H and O–H groups in total. The number of urea groups is 1. The normalized spacial score (nSPS) is 16.7. The Morgan fingerprint density at radius 3 is 2.57 bits per heavy atom. The highest BCUT2D eigenvalue weighted by Crippen LogP contribution is 2.34. The molecule has 10 nitrogen and oxygen atoms in total. The van der Waals surface area contributed by atoms with Crippen LogP contribution in [0, 0.1) is 0 Å². The number of carboxylic acids is 1. The van der Waals surface area contributed by atoms with Gasteiger partial charge in [-0.2, -0.15) is 11.3 Å². The molecule has 0 radical (unpaired) electrons. The van der Waals surface area contributed by atoms with Gasteiger partial charge in [0.1, 0.15) is 6.04 Å². The van der Waals surface area contributed by atoms with E-state index >= 15 is 0 Å². The number of piperazine rings is 1. The number of aliphatic carboxylic acids is 1. The predicted octanol–water partition coefficient (Wildman–Crippen LogP) is 3.20. The van der Waals surface area contributed by atoms with Crippen LogP contribution in [0.15, 0.2) is 35.0 Å². The molecule has 1 aromatic heterocycles. The number of ether oxygens (including phenoxy) is 2. The van der Waals surface area contributed by atoms with Gasteiger partial charge in [-0.3, -0.25) is 14.5 Å². The van der Waals surface area contributed by atoms with Gasteiger partial charge in [0.05, 0.1) is 12.5 Å². The molecule has 3 heterocycles. The highest BCUT2D eigenvalue weighted by atomic mass is 32.1. The summed E-state index contributed by atoms with van der Waals surface area (Å²) in [6.45, 7) is 5.77. The molecule has 1 aromatic carbocycles. The lowest BCUT2D eigenvalue weighted by atomic mass is 10.0. The highest BCUT2D eigenvalue weighted by molar-refractivity contribution is 7.07. The van der Waals surface area contributed by atoms with Gasteiger partial charge in [-0.1, -0.05) is 25.8 Å². The van der Waals surface area contributed by atoms with Gasteiger partial charge in [-0.15, -0.1) is 0 Å². The van der Waals surface area contributed by atoms with Crippen LogP contribution in [0.3, 0.4) is 0 Å². The molecule has 11 heteroatoms. The third-order valence-corrected chi connectivity index (χ3v) is 7.34. The zero-order chi connectivity index (χ0) is 26.2. The number of unbranched alkanes of at least 4 members (excludes halogenated alkanes) is 1. The Morgan fingerprint density at radius 1 is 1.08 bits per heavy atom. The first kappa shape index (κ1) is 26.7. The molecule has 1 saturated heterocycles. The molecule has 4 rings (SSSR count). The number of nitrogens with one attached hydrogen (secondary N) is 2. The number of carbonyl (C=O) groups is 3. The maximum atomic E-state index is 13.4. The number of benzene rings is 1. The van der Waals surface area contributed by atoms with E-state index in [1.807, 2.05) is 11.8 Å². The molecular formula is C26H34N4O6S. The Labute approximate surface area is 220 Å². The van der Waals surface area contributed by atoms with Gasteiger partial charge in [-0.25, -0.2) is 4.79 Å². The van der Waals surface area contributed by atoms with E-state index in [0.717, 1.165) is 32.5 Å². The minimum atomic E-state index is -1.05. The summed E-state index contributed by atoms with van der Waals surface area (Å²) in [6, 6.07) is 5.14. The zero-order valence-electron chi connectivity index (χ0n) is 21.0. The van der Waals surface area contributed by atoms with Crippen molar-refractivity contribution in [2.24, 2.45) is 0 Å². The first-order chi connectivity index (χ1) is 17.9. The van der Waals surface area contributed by atoms with Crippen LogP contribution in [0.2, 0.25) is 0 Å². The molecule has 1 fully saturated rings. The smallest absolute Gasteiger partial charge is 0.315 e. The standard InChI is InChI=1S/C26H34N4O6S/c1-2-3-4-20(25(33)30-10-8-29(9-11-30)15-18-7-12-37-16-18)27-26(34)28-21(14-24(31)32)19-5-6-22-23(13-19)36-17-35-22/h5-7,12-13,16,20-21H,2-4,8-11,14-15,17H2,1H3,(H,31,32)(H2,27,28,34)/t20-,21-/m0/s1. The van der Waals surface area contributed by atoms with E-state index in [9.17, 15) is 19.5 Å². The second-order valence-electron chi connectivity index (χ2n) is 9.31. The van der Waals surface area contributed by atoms with E-state index in [4.69, 9.17) is 9.47 Å². The molecule has 0 bridgehead atoms. The average Bonchev–Trinajstić information content (AvgIpc) is 3.57. The summed E-state index contributed by atoms with van der Waals surface area (Å²) in [4.78, 5) is 42.0. The number of hydrogen-bond acceptors (Lipinski definition) is 7. The molecule has 2 aliphatic heterocycles. The number of hydrogen-bond donors (Lipinski definition) is 3. The molecule has 200 valence electrons. The van der Waals surface area contributed by atoms with E-state index in [1.165, 1.54) is 5.56 Å². The van der Waals surface area contributed by atoms with Crippen LogP contribution in [0.5, 0.6) is 11.5 Å². The molecular weight excluding hydrogens is 496 g/mol. The number of thiophene rings is 1. The first-order valence-electron chi connectivity index (χ1n) is 12.6. The van der Waals surface area contributed by atoms with Crippen molar-refractivity contribution in [2.45, 2.75) is 51.2 Å². The van der Waals surface area contributed by atoms with Crippen molar-refractivity contribution in [1.82, 2.24) is 20.4 Å². The molecule has 37 heavy (non-hydrogen) atoms. The molecule has 0 saturated carbocycles. The third-order valence-electron chi connectivity index (χ3n) is 6.60. The monoisotopic (exact) mass is 530 g/mol. The van der Waals surface area contributed by atoms with Crippen molar-refractivity contribution in [1.29, 1.82) is 0 Å². The van der Waals surface area contributed by atoms with E-state index in [-0.39, 0.29) is 19.1 Å². The Hall–Kier alpha value is -3.31. The number of rotatable bonds is 11. The summed E-state index contributed by atoms with van der Waals surface area (Å²) < 4.78 is 10.7. The second-order valence-corrected chi connectivity index (χ2v) is 10.1. The lowest BCUT2D eigenvalue weighted by Crippen LogP contribution is -2.56. The van der Waals surface area contributed by atoms with Crippen molar-refractivity contribution in [3.05, 3.63) is 46.2 Å². The largest absolute Gasteiger partial charge is 0.481 e. The highest BCUT2D eigenvalue weighted by Gasteiger charge is 2.29. The summed E-state index contributed by atoms with van der Waals surface area (Å²) in [7, 11) is 0. The van der Waals surface area contributed by atoms with E-state index in [2.05, 4.69) is 32.4 Å². The Bertz CT molecular complexity index is 1070. The zero-order valence-corrected chi connectivity index (χ0v) is 21.8. The quantitative estimate of drug-likeness (QED) is 0.408. The van der Waals surface area contributed by atoms with Crippen molar-refractivity contribution in [2.75, 3.05) is 33.0 Å². The van der Waals surface area contributed by atoms with Crippen LogP contribution in [0.1, 0.15) is 49.8 Å². The van der Waals surface area contributed by atoms with Crippen molar-refractivity contribution < 1.29 is 29.0 Å². The second kappa shape index (κ2) is 12.8. The van der Waals surface area contributed by atoms with Gasteiger partial charge >= 0.3 is 12.0 Å². The van der Waals surface area contributed by atoms with Gasteiger partial charge in [-0.05, 0) is 46.5 Å². The number of nitrogens with zero attached hydrogens (tertiary/aromatic N) is 2. The summed E-state index contributed by atoms with van der Waals surface area (Å²) in [5, 5.41) is 19.2. The first-order valence-corrected chi connectivity index (χ1v) is 13.6. The van der Waals surface area contributed by atoms with Gasteiger partial charge in [0, 0.05) is 32.7 Å². The summed E-state index contributed by atoms with van der Waals surface area (Å²) in [5.41, 5.74) is 1.86. The predicted molar refractivity (Wildman–Crippen MR) is 139 cm³/mol. The molecule has 2 atom stereocenters. The van der Waals surface area contributed by atoms with Crippen LogP contribution >= 0.6 is 11.3 Å². The van der Waals surface area contributed by atoms with Crippen LogP contribution in [0.4, 0.5) is 4.79 Å². The molecule has 2 aromatic rings. The van der Waals surface area contributed by atoms with Gasteiger partial charge in [0.15, 0.2) is 11.5 Å². The summed E-state index contributed by atoms with van der Waals surface area (Å²) in [6.07, 6.45) is 1.88. The fourth-order valence-electron chi connectivity index (χ4n) is 4.57. The molecule has 0 aliphatic carbocycles. The van der Waals surface area contributed by atoms with E-state index in [1.54, 1.807) is 29.5 Å². The van der Waals surface area contributed by atoms with Gasteiger partial charge < -0.3 is 30.1 Å². The lowest BCUT2D eigenvalue weighted by Gasteiger charge is -2.36. The third kappa shape index (κ3) is 7.36. The molecule has 2 aliphatic rings. The minimum Gasteiger partial charge on any atom is -0.481 e. The number of fused-ring (bicyclic) bond motifs is 1. The minimum absolute atomic E-state index is 0.0970. The lowest BCUT2D eigenvalue weighted by molar-refractivity contribution is -0.138. The Balaban J connectivity index is 1.36. The maximum Gasteiger partial charge on any atom is 0.315 e. The van der Waals surface area contributed by atoms with E-state index in [0.29, 0.717) is 36.6 Å². The summed E-state index contributed by atoms with van der Waals surface area (Å²) >= 11 is 1.68. The Kier molecular flexibility index (Phi) is 9.24. The number of carboxylic acid groups (broad SMARTS) is 1. The molecule has 0 unspecified atom stereocenters. The van der Waals surface area contributed by atoms with Crippen LogP contribution in [-0.4, -0.2) is 71.8 Å². The number of amides is 3. The van der Waals surface area contributed by atoms with Crippen LogP contribution in [-0.2, 0) is 16.1 Å². The van der Waals surface area contributed by atoms with Gasteiger partial charge in [0.2, 0.25) is 12.7 Å². The van der Waals surface area contributed by atoms with Crippen molar-refractivity contribution in [3.8, 4) is 11.5 Å². The SMILES string of the molecule is CCCC[C@H](NC(=O)N[C@@H](CC(=O)O)c1ccc2c(c1)OCO2)C(=O)N1CCN(Cc2ccsc2)CC1. The van der Waals surface area contributed by atoms with Gasteiger partial charge in [0.25, 0.3) is 0 Å². The van der Waals surface area contributed by atoms with Crippen molar-refractivity contribution in [3.63, 3.8) is 0 Å². The topological polar surface area (TPSA) is 120 Å². The average molecular weight is 531 g/mol. The number of carbonyl (C=O) groups excluding carboxylic acids is 2. The Morgan fingerprint density at radius 2 is 1.86 bits per heavy atom. The fourth-order valence-corrected chi connectivity index (χ4v) is 5.23. The van der Waals surface area contributed by atoms with E-state index < -0.39 is 24.1 Å². The summed E-state index contributed by atoms with van der Waals surface area (Å²) in [5.74, 6) is -0.0781. The molecule has 3 amide bonds. The fraction of sp³-hybridized carbons (Fsp3) is 0.500. The van der Waals surface area contributed by atoms with Crippen LogP contribution in [0.25, 0.3) is 0 Å². The molecule has 0 spiro atoms. The van der Waals surface area contributed by atoms with Crippen molar-refractivity contribution >= 4 is 29.2 Å². The maximum absolute atomic E-state index is 13.4.